The van der Waals surface area contributed by atoms with Gasteiger partial charge in [-0.2, -0.15) is 0 Å². The molecule has 0 radical (unpaired) electrons. The van der Waals surface area contributed by atoms with E-state index < -0.39 is 9.84 Å². The Kier molecular flexibility index (Phi) is 6.32. The topological polar surface area (TPSA) is 79.8 Å². The lowest BCUT2D eigenvalue weighted by Gasteiger charge is -2.18. The Hall–Kier alpha value is -1.76. The fourth-order valence-electron chi connectivity index (χ4n) is 2.94. The summed E-state index contributed by atoms with van der Waals surface area (Å²) in [6.07, 6.45) is 4.06. The molecule has 1 aliphatic rings. The molecule has 6 nitrogen and oxygen atoms in total. The number of benzene rings is 1. The van der Waals surface area contributed by atoms with E-state index in [1.54, 1.807) is 14.2 Å². The second-order valence-corrected chi connectivity index (χ2v) is 9.12. The Bertz CT molecular complexity index is 725. The van der Waals surface area contributed by atoms with Crippen molar-refractivity contribution in [3.63, 3.8) is 0 Å². The van der Waals surface area contributed by atoms with E-state index in [0.29, 0.717) is 12.5 Å². The third kappa shape index (κ3) is 6.23. The molecule has 0 aromatic heterocycles. The van der Waals surface area contributed by atoms with Gasteiger partial charge in [0.2, 0.25) is 0 Å². The van der Waals surface area contributed by atoms with Crippen molar-refractivity contribution in [1.29, 1.82) is 0 Å². The standard InChI is InChI=1S/C18H29N3O3S/c1-14-5-6-15(11-16(14)24-3)7-10-20-17(19-2)21-12-18(8-9-18)13-25(4,22)23/h5-6,11H,7-10,12-13H2,1-4H3,(H2,19,20,21). The number of nitrogens with one attached hydrogen (secondary N) is 2. The van der Waals surface area contributed by atoms with E-state index in [4.69, 9.17) is 4.74 Å². The van der Waals surface area contributed by atoms with Crippen molar-refractivity contribution in [2.45, 2.75) is 26.2 Å². The van der Waals surface area contributed by atoms with Gasteiger partial charge in [-0.05, 0) is 43.4 Å². The van der Waals surface area contributed by atoms with Gasteiger partial charge >= 0.3 is 0 Å². The highest BCUT2D eigenvalue weighted by atomic mass is 32.2. The van der Waals surface area contributed by atoms with E-state index in [9.17, 15) is 8.42 Å². The summed E-state index contributed by atoms with van der Waals surface area (Å²) in [6.45, 7) is 3.40. The molecule has 2 N–H and O–H groups in total. The zero-order valence-corrected chi connectivity index (χ0v) is 16.4. The Morgan fingerprint density at radius 2 is 2.04 bits per heavy atom. The largest absolute Gasteiger partial charge is 0.496 e. The van der Waals surface area contributed by atoms with E-state index in [1.165, 1.54) is 11.8 Å². The lowest BCUT2D eigenvalue weighted by atomic mass is 10.1. The summed E-state index contributed by atoms with van der Waals surface area (Å²) in [5.74, 6) is 1.85. The summed E-state index contributed by atoms with van der Waals surface area (Å²) >= 11 is 0. The number of hydrogen-bond donors (Lipinski definition) is 2. The van der Waals surface area contributed by atoms with Crippen LogP contribution in [-0.4, -0.2) is 53.6 Å². The number of sulfone groups is 1. The number of ether oxygens (including phenoxy) is 1. The minimum Gasteiger partial charge on any atom is -0.496 e. The van der Waals surface area contributed by atoms with Crippen molar-refractivity contribution in [3.05, 3.63) is 29.3 Å². The van der Waals surface area contributed by atoms with Gasteiger partial charge in [-0.25, -0.2) is 8.42 Å². The molecule has 7 heteroatoms. The normalized spacial score (nSPS) is 16.4. The monoisotopic (exact) mass is 367 g/mol. The molecule has 0 heterocycles. The molecule has 0 unspecified atom stereocenters. The number of methoxy groups -OCH3 is 1. The summed E-state index contributed by atoms with van der Waals surface area (Å²) < 4.78 is 28.4. The molecule has 0 atom stereocenters. The molecule has 140 valence electrons. The summed E-state index contributed by atoms with van der Waals surface area (Å²) in [5.41, 5.74) is 2.20. The maximum Gasteiger partial charge on any atom is 0.191 e. The van der Waals surface area contributed by atoms with Crippen molar-refractivity contribution in [1.82, 2.24) is 10.6 Å². The molecule has 0 amide bonds. The van der Waals surface area contributed by atoms with Crippen LogP contribution in [0.4, 0.5) is 0 Å². The highest BCUT2D eigenvalue weighted by Crippen LogP contribution is 2.45. The maximum absolute atomic E-state index is 11.5. The molecule has 0 saturated heterocycles. The van der Waals surface area contributed by atoms with Gasteiger partial charge in [0.1, 0.15) is 15.6 Å². The lowest BCUT2D eigenvalue weighted by molar-refractivity contribution is 0.411. The molecule has 0 spiro atoms. The molecule has 0 bridgehead atoms. The van der Waals surface area contributed by atoms with Gasteiger partial charge in [0.05, 0.1) is 12.9 Å². The van der Waals surface area contributed by atoms with Crippen LogP contribution in [0.25, 0.3) is 0 Å². The van der Waals surface area contributed by atoms with Gasteiger partial charge in [0, 0.05) is 31.8 Å². The first kappa shape index (κ1) is 19.6. The Morgan fingerprint density at radius 1 is 1.32 bits per heavy atom. The van der Waals surface area contributed by atoms with E-state index in [2.05, 4.69) is 33.8 Å². The number of aliphatic imine (C=N–C) groups is 1. The average molecular weight is 368 g/mol. The van der Waals surface area contributed by atoms with Crippen LogP contribution in [0.3, 0.4) is 0 Å². The molecular weight excluding hydrogens is 338 g/mol. The summed E-state index contributed by atoms with van der Waals surface area (Å²) in [6, 6.07) is 6.21. The van der Waals surface area contributed by atoms with Crippen molar-refractivity contribution in [3.8, 4) is 5.75 Å². The highest BCUT2D eigenvalue weighted by molar-refractivity contribution is 7.90. The molecule has 1 aromatic carbocycles. The van der Waals surface area contributed by atoms with Crippen molar-refractivity contribution >= 4 is 15.8 Å². The number of guanidine groups is 1. The second-order valence-electron chi connectivity index (χ2n) is 6.98. The van der Waals surface area contributed by atoms with E-state index in [0.717, 1.165) is 37.1 Å². The van der Waals surface area contributed by atoms with Crippen LogP contribution in [0, 0.1) is 12.3 Å². The number of nitrogens with zero attached hydrogens (tertiary/aromatic N) is 1. The van der Waals surface area contributed by atoms with Crippen LogP contribution in [0.5, 0.6) is 5.75 Å². The Balaban J connectivity index is 1.79. The van der Waals surface area contributed by atoms with Crippen LogP contribution >= 0.6 is 0 Å². The molecule has 1 fully saturated rings. The summed E-state index contributed by atoms with van der Waals surface area (Å²) in [4.78, 5) is 4.21. The van der Waals surface area contributed by atoms with Crippen LogP contribution in [0.2, 0.25) is 0 Å². The fraction of sp³-hybridized carbons (Fsp3) is 0.611. The molecule has 0 aliphatic heterocycles. The Morgan fingerprint density at radius 3 is 2.60 bits per heavy atom. The first-order valence-electron chi connectivity index (χ1n) is 8.53. The first-order chi connectivity index (χ1) is 11.8. The third-order valence-corrected chi connectivity index (χ3v) is 5.70. The minimum absolute atomic E-state index is 0.116. The number of hydrogen-bond acceptors (Lipinski definition) is 4. The summed E-state index contributed by atoms with van der Waals surface area (Å²) in [7, 11) is 0.454. The second kappa shape index (κ2) is 8.08. The lowest BCUT2D eigenvalue weighted by Crippen LogP contribution is -2.42. The highest BCUT2D eigenvalue weighted by Gasteiger charge is 2.45. The average Bonchev–Trinajstić information content (AvgIpc) is 3.29. The van der Waals surface area contributed by atoms with Crippen LogP contribution in [0.1, 0.15) is 24.0 Å². The smallest absolute Gasteiger partial charge is 0.191 e. The molecule has 1 aliphatic carbocycles. The van der Waals surface area contributed by atoms with Crippen molar-refractivity contribution in [2.24, 2.45) is 10.4 Å². The number of rotatable bonds is 8. The molecule has 2 rings (SSSR count). The van der Waals surface area contributed by atoms with E-state index in [-0.39, 0.29) is 11.2 Å². The molecule has 1 saturated carbocycles. The van der Waals surface area contributed by atoms with Crippen molar-refractivity contribution < 1.29 is 13.2 Å². The Labute approximate surface area is 151 Å². The predicted octanol–water partition coefficient (Wildman–Crippen LogP) is 1.54. The third-order valence-electron chi connectivity index (χ3n) is 4.56. The van der Waals surface area contributed by atoms with Gasteiger partial charge in [-0.1, -0.05) is 12.1 Å². The van der Waals surface area contributed by atoms with Gasteiger partial charge in [0.15, 0.2) is 5.96 Å². The van der Waals surface area contributed by atoms with Gasteiger partial charge in [0.25, 0.3) is 0 Å². The predicted molar refractivity (Wildman–Crippen MR) is 102 cm³/mol. The van der Waals surface area contributed by atoms with Gasteiger partial charge < -0.3 is 15.4 Å². The molecular formula is C18H29N3O3S. The van der Waals surface area contributed by atoms with E-state index in [1.807, 2.05) is 6.92 Å². The quantitative estimate of drug-likeness (QED) is 0.538. The molecule has 1 aromatic rings. The van der Waals surface area contributed by atoms with Crippen LogP contribution in [0.15, 0.2) is 23.2 Å². The SMILES string of the molecule is CN=C(NCCc1ccc(C)c(OC)c1)NCC1(CS(C)(=O)=O)CC1. The zero-order valence-electron chi connectivity index (χ0n) is 15.6. The molecule has 25 heavy (non-hydrogen) atoms. The first-order valence-corrected chi connectivity index (χ1v) is 10.6. The zero-order chi connectivity index (χ0) is 18.5. The maximum atomic E-state index is 11.5. The van der Waals surface area contributed by atoms with Gasteiger partial charge in [-0.3, -0.25) is 4.99 Å². The van der Waals surface area contributed by atoms with Crippen LogP contribution in [-0.2, 0) is 16.3 Å². The van der Waals surface area contributed by atoms with Crippen LogP contribution < -0.4 is 15.4 Å². The van der Waals surface area contributed by atoms with E-state index >= 15 is 0 Å². The van der Waals surface area contributed by atoms with Gasteiger partial charge in [-0.15, -0.1) is 0 Å². The summed E-state index contributed by atoms with van der Waals surface area (Å²) in [5, 5.41) is 6.54. The fourth-order valence-corrected chi connectivity index (χ4v) is 4.45. The minimum atomic E-state index is -2.95. The van der Waals surface area contributed by atoms with Crippen molar-refractivity contribution in [2.75, 3.05) is 39.3 Å². The number of aryl methyl sites for hydroxylation is 1.